The molecule has 0 radical (unpaired) electrons. The van der Waals surface area contributed by atoms with E-state index in [1.807, 2.05) is 4.90 Å². The number of anilines is 1. The second kappa shape index (κ2) is 5.04. The quantitative estimate of drug-likeness (QED) is 0.736. The minimum Gasteiger partial charge on any atom is -0.366 e. The van der Waals surface area contributed by atoms with Crippen LogP contribution < -0.4 is 4.90 Å². The lowest BCUT2D eigenvalue weighted by Gasteiger charge is -2.28. The molecule has 1 amide bonds. The van der Waals surface area contributed by atoms with E-state index in [0.717, 1.165) is 32.5 Å². The maximum atomic E-state index is 12.1. The lowest BCUT2D eigenvalue weighted by molar-refractivity contribution is -0.130. The van der Waals surface area contributed by atoms with Crippen molar-refractivity contribution in [2.75, 3.05) is 24.5 Å². The molecule has 0 aliphatic carbocycles. The van der Waals surface area contributed by atoms with Gasteiger partial charge >= 0.3 is 0 Å². The molecule has 3 nitrogen and oxygen atoms in total. The van der Waals surface area contributed by atoms with Crippen molar-refractivity contribution in [1.82, 2.24) is 4.90 Å². The van der Waals surface area contributed by atoms with E-state index in [4.69, 9.17) is 11.6 Å². The molecule has 2 heterocycles. The van der Waals surface area contributed by atoms with Crippen molar-refractivity contribution in [2.45, 2.75) is 31.2 Å². The van der Waals surface area contributed by atoms with Crippen LogP contribution in [0.2, 0.25) is 0 Å². The lowest BCUT2D eigenvalue weighted by atomic mass is 10.1. The third-order valence-electron chi connectivity index (χ3n) is 4.11. The first-order chi connectivity index (χ1) is 9.16. The van der Waals surface area contributed by atoms with Gasteiger partial charge in [0.25, 0.3) is 0 Å². The Morgan fingerprint density at radius 2 is 2.16 bits per heavy atom. The maximum Gasteiger partial charge on any atom is 0.240 e. The molecule has 2 aliphatic heterocycles. The van der Waals surface area contributed by atoms with Gasteiger partial charge < -0.3 is 9.80 Å². The lowest BCUT2D eigenvalue weighted by Crippen LogP contribution is -2.43. The molecule has 1 fully saturated rings. The van der Waals surface area contributed by atoms with Crippen LogP contribution in [0.5, 0.6) is 0 Å². The van der Waals surface area contributed by atoms with Crippen LogP contribution in [0.4, 0.5) is 5.69 Å². The van der Waals surface area contributed by atoms with Crippen molar-refractivity contribution in [3.63, 3.8) is 0 Å². The van der Waals surface area contributed by atoms with Gasteiger partial charge in [0.2, 0.25) is 5.91 Å². The normalized spacial score (nSPS) is 23.6. The molecule has 0 saturated carbocycles. The Labute approximate surface area is 119 Å². The van der Waals surface area contributed by atoms with Gasteiger partial charge in [-0.2, -0.15) is 0 Å². The molecule has 0 spiro atoms. The Kier molecular flexibility index (Phi) is 3.40. The molecule has 2 atom stereocenters. The molecule has 0 N–H and O–H groups in total. The Morgan fingerprint density at radius 1 is 1.37 bits per heavy atom. The van der Waals surface area contributed by atoms with Gasteiger partial charge in [-0.1, -0.05) is 18.2 Å². The molecule has 1 aromatic rings. The van der Waals surface area contributed by atoms with Gasteiger partial charge in [-0.15, -0.1) is 11.6 Å². The van der Waals surface area contributed by atoms with E-state index in [0.29, 0.717) is 6.04 Å². The summed E-state index contributed by atoms with van der Waals surface area (Å²) < 4.78 is 0. The number of carbonyl (C=O) groups is 1. The highest BCUT2D eigenvalue weighted by molar-refractivity contribution is 6.30. The van der Waals surface area contributed by atoms with Gasteiger partial charge in [0.1, 0.15) is 5.38 Å². The number of fused-ring (bicyclic) bond motifs is 3. The number of halogens is 1. The molecule has 4 heteroatoms. The fourth-order valence-corrected chi connectivity index (χ4v) is 3.36. The molecular weight excluding hydrogens is 260 g/mol. The van der Waals surface area contributed by atoms with Crippen molar-refractivity contribution < 1.29 is 4.79 Å². The van der Waals surface area contributed by atoms with E-state index in [2.05, 4.69) is 29.2 Å². The molecule has 1 aromatic carbocycles. The van der Waals surface area contributed by atoms with Gasteiger partial charge in [-0.05, 0) is 31.4 Å². The SMILES string of the molecule is CC(Cl)C(=O)N1CCCN2c3ccccc3CC2C1. The first-order valence-corrected chi connectivity index (χ1v) is 7.38. The number of para-hydroxylation sites is 1. The van der Waals surface area contributed by atoms with Crippen LogP contribution in [0.25, 0.3) is 0 Å². The van der Waals surface area contributed by atoms with Crippen LogP contribution in [0.1, 0.15) is 18.9 Å². The Balaban J connectivity index is 1.80. The zero-order chi connectivity index (χ0) is 13.4. The van der Waals surface area contributed by atoms with E-state index in [1.165, 1.54) is 11.3 Å². The highest BCUT2D eigenvalue weighted by Gasteiger charge is 2.34. The summed E-state index contributed by atoms with van der Waals surface area (Å²) in [6.45, 7) is 4.41. The molecular formula is C15H19ClN2O. The summed E-state index contributed by atoms with van der Waals surface area (Å²) in [7, 11) is 0. The summed E-state index contributed by atoms with van der Waals surface area (Å²) in [5.74, 6) is 0.0690. The average molecular weight is 279 g/mol. The monoisotopic (exact) mass is 278 g/mol. The molecule has 102 valence electrons. The predicted octanol–water partition coefficient (Wildman–Crippen LogP) is 2.28. The Morgan fingerprint density at radius 3 is 2.95 bits per heavy atom. The van der Waals surface area contributed by atoms with E-state index in [-0.39, 0.29) is 5.91 Å². The minimum absolute atomic E-state index is 0.0690. The van der Waals surface area contributed by atoms with Crippen LogP contribution in [0, 0.1) is 0 Å². The van der Waals surface area contributed by atoms with E-state index < -0.39 is 5.38 Å². The molecule has 3 rings (SSSR count). The van der Waals surface area contributed by atoms with Gasteiger partial charge in [-0.3, -0.25) is 4.79 Å². The van der Waals surface area contributed by atoms with Crippen molar-refractivity contribution >= 4 is 23.2 Å². The Hall–Kier alpha value is -1.22. The summed E-state index contributed by atoms with van der Waals surface area (Å²) in [5.41, 5.74) is 2.75. The largest absolute Gasteiger partial charge is 0.366 e. The molecule has 19 heavy (non-hydrogen) atoms. The van der Waals surface area contributed by atoms with Crippen LogP contribution >= 0.6 is 11.6 Å². The third kappa shape index (κ3) is 2.32. The summed E-state index contributed by atoms with van der Waals surface area (Å²) in [5, 5.41) is -0.421. The van der Waals surface area contributed by atoms with Gasteiger partial charge in [0.05, 0.1) is 6.04 Å². The van der Waals surface area contributed by atoms with Crippen molar-refractivity contribution in [3.05, 3.63) is 29.8 Å². The zero-order valence-corrected chi connectivity index (χ0v) is 11.9. The fourth-order valence-electron chi connectivity index (χ4n) is 3.22. The number of alkyl halides is 1. The highest BCUT2D eigenvalue weighted by Crippen LogP contribution is 2.33. The number of rotatable bonds is 1. The zero-order valence-electron chi connectivity index (χ0n) is 11.2. The number of hydrogen-bond acceptors (Lipinski definition) is 2. The smallest absolute Gasteiger partial charge is 0.240 e. The number of nitrogens with zero attached hydrogens (tertiary/aromatic N) is 2. The average Bonchev–Trinajstić information content (AvgIpc) is 2.61. The van der Waals surface area contributed by atoms with Crippen LogP contribution in [0.15, 0.2) is 24.3 Å². The summed E-state index contributed by atoms with van der Waals surface area (Å²) >= 11 is 5.94. The first-order valence-electron chi connectivity index (χ1n) is 6.94. The topological polar surface area (TPSA) is 23.6 Å². The van der Waals surface area contributed by atoms with Gasteiger partial charge in [0, 0.05) is 25.3 Å². The predicted molar refractivity (Wildman–Crippen MR) is 77.8 cm³/mol. The molecule has 1 saturated heterocycles. The van der Waals surface area contributed by atoms with Crippen LogP contribution in [0.3, 0.4) is 0 Å². The number of carbonyl (C=O) groups excluding carboxylic acids is 1. The van der Waals surface area contributed by atoms with E-state index in [9.17, 15) is 4.79 Å². The van der Waals surface area contributed by atoms with Gasteiger partial charge in [0.15, 0.2) is 0 Å². The fraction of sp³-hybridized carbons (Fsp3) is 0.533. The number of amides is 1. The van der Waals surface area contributed by atoms with Crippen LogP contribution in [-0.4, -0.2) is 41.9 Å². The molecule has 0 aromatic heterocycles. The molecule has 2 aliphatic rings. The molecule has 2 unspecified atom stereocenters. The second-order valence-corrected chi connectivity index (χ2v) is 6.09. The van der Waals surface area contributed by atoms with Crippen molar-refractivity contribution in [3.8, 4) is 0 Å². The maximum absolute atomic E-state index is 12.1. The highest BCUT2D eigenvalue weighted by atomic mass is 35.5. The van der Waals surface area contributed by atoms with Gasteiger partial charge in [-0.25, -0.2) is 0 Å². The molecule has 0 bridgehead atoms. The summed E-state index contributed by atoms with van der Waals surface area (Å²) in [4.78, 5) is 16.5. The van der Waals surface area contributed by atoms with Crippen LogP contribution in [-0.2, 0) is 11.2 Å². The standard InChI is InChI=1S/C15H19ClN2O/c1-11(16)15(19)17-7-4-8-18-13(10-17)9-12-5-2-3-6-14(12)18/h2-3,5-6,11,13H,4,7-10H2,1H3. The summed E-state index contributed by atoms with van der Waals surface area (Å²) in [6, 6.07) is 8.99. The number of benzene rings is 1. The Bertz CT molecular complexity index is 489. The summed E-state index contributed by atoms with van der Waals surface area (Å²) in [6.07, 6.45) is 2.05. The number of hydrogen-bond donors (Lipinski definition) is 0. The van der Waals surface area contributed by atoms with Crippen molar-refractivity contribution in [1.29, 1.82) is 0 Å². The van der Waals surface area contributed by atoms with E-state index >= 15 is 0 Å². The van der Waals surface area contributed by atoms with E-state index in [1.54, 1.807) is 6.92 Å². The minimum atomic E-state index is -0.421. The third-order valence-corrected chi connectivity index (χ3v) is 4.29. The second-order valence-electron chi connectivity index (χ2n) is 5.43. The van der Waals surface area contributed by atoms with Crippen molar-refractivity contribution in [2.24, 2.45) is 0 Å². The first kappa shape index (κ1) is 12.8.